The van der Waals surface area contributed by atoms with Gasteiger partial charge in [0.1, 0.15) is 0 Å². The number of nitro benzene ring substituents is 1. The Morgan fingerprint density at radius 3 is 2.48 bits per heavy atom. The standard InChI is InChI=1S/C19H25N3O7/c1-5-8-29-18(23)15-11(4)20-19(24)21-16(15)12-9-13(22(25)26)17(28-7-3)14(10-12)27-6-2/h9-10,16H,5-8H2,1-4H3,(H2,20,21,24). The Morgan fingerprint density at radius 2 is 1.90 bits per heavy atom. The minimum atomic E-state index is -0.943. The first-order valence-corrected chi connectivity index (χ1v) is 9.37. The topological polar surface area (TPSA) is 129 Å². The van der Waals surface area contributed by atoms with Gasteiger partial charge in [-0.05, 0) is 38.8 Å². The molecule has 29 heavy (non-hydrogen) atoms. The maximum absolute atomic E-state index is 12.6. The third-order valence-electron chi connectivity index (χ3n) is 4.10. The Morgan fingerprint density at radius 1 is 1.21 bits per heavy atom. The number of amides is 2. The minimum Gasteiger partial charge on any atom is -0.490 e. The van der Waals surface area contributed by atoms with Crippen molar-refractivity contribution < 1.29 is 28.7 Å². The van der Waals surface area contributed by atoms with Gasteiger partial charge in [0.2, 0.25) is 5.75 Å². The molecule has 1 atom stereocenters. The van der Waals surface area contributed by atoms with Crippen molar-refractivity contribution in [2.45, 2.75) is 40.2 Å². The molecule has 10 nitrogen and oxygen atoms in total. The molecular weight excluding hydrogens is 382 g/mol. The first-order chi connectivity index (χ1) is 13.8. The van der Waals surface area contributed by atoms with Gasteiger partial charge in [0.15, 0.2) is 5.75 Å². The summed E-state index contributed by atoms with van der Waals surface area (Å²) in [4.78, 5) is 35.7. The molecule has 1 aliphatic rings. The molecule has 2 amide bonds. The lowest BCUT2D eigenvalue weighted by molar-refractivity contribution is -0.386. The van der Waals surface area contributed by atoms with Gasteiger partial charge < -0.3 is 24.8 Å². The van der Waals surface area contributed by atoms with E-state index >= 15 is 0 Å². The molecule has 0 bridgehead atoms. The van der Waals surface area contributed by atoms with E-state index in [4.69, 9.17) is 14.2 Å². The first-order valence-electron chi connectivity index (χ1n) is 9.37. The van der Waals surface area contributed by atoms with Crippen LogP contribution in [0.1, 0.15) is 45.7 Å². The summed E-state index contributed by atoms with van der Waals surface area (Å²) in [6.45, 7) is 7.53. The Bertz CT molecular complexity index is 835. The van der Waals surface area contributed by atoms with Crippen molar-refractivity contribution in [1.29, 1.82) is 0 Å². The van der Waals surface area contributed by atoms with Crippen LogP contribution in [0, 0.1) is 10.1 Å². The van der Waals surface area contributed by atoms with Gasteiger partial charge in [0, 0.05) is 11.8 Å². The SMILES string of the molecule is CCCOC(=O)C1=C(C)NC(=O)NC1c1cc(OCC)c(OCC)c([N+](=O)[O-])c1. The van der Waals surface area contributed by atoms with Crippen LogP contribution in [0.15, 0.2) is 23.4 Å². The fraction of sp³-hybridized carbons (Fsp3) is 0.474. The molecule has 2 rings (SSSR count). The summed E-state index contributed by atoms with van der Waals surface area (Å²) in [5, 5.41) is 16.8. The highest BCUT2D eigenvalue weighted by Crippen LogP contribution is 2.41. The first kappa shape index (κ1) is 22.0. The van der Waals surface area contributed by atoms with Gasteiger partial charge >= 0.3 is 17.7 Å². The lowest BCUT2D eigenvalue weighted by Gasteiger charge is -2.28. The number of nitro groups is 1. The predicted octanol–water partition coefficient (Wildman–Crippen LogP) is 2.97. The molecule has 1 heterocycles. The number of esters is 1. The van der Waals surface area contributed by atoms with E-state index in [0.29, 0.717) is 17.7 Å². The quantitative estimate of drug-likeness (QED) is 0.366. The van der Waals surface area contributed by atoms with E-state index in [9.17, 15) is 19.7 Å². The third-order valence-corrected chi connectivity index (χ3v) is 4.10. The molecule has 0 spiro atoms. The lowest BCUT2D eigenvalue weighted by Crippen LogP contribution is -2.45. The van der Waals surface area contributed by atoms with Crippen LogP contribution in [0.5, 0.6) is 11.5 Å². The second kappa shape index (κ2) is 9.76. The zero-order valence-corrected chi connectivity index (χ0v) is 16.9. The average molecular weight is 407 g/mol. The van der Waals surface area contributed by atoms with Crippen LogP contribution in [0.4, 0.5) is 10.5 Å². The molecule has 1 aliphatic heterocycles. The van der Waals surface area contributed by atoms with Gasteiger partial charge in [-0.2, -0.15) is 0 Å². The number of nitrogens with one attached hydrogen (secondary N) is 2. The van der Waals surface area contributed by atoms with Crippen LogP contribution in [0.25, 0.3) is 0 Å². The number of benzene rings is 1. The maximum atomic E-state index is 12.6. The average Bonchev–Trinajstić information content (AvgIpc) is 2.66. The van der Waals surface area contributed by atoms with Gasteiger partial charge in [-0.1, -0.05) is 6.92 Å². The molecule has 0 fully saturated rings. The Labute approximate surface area is 168 Å². The summed E-state index contributed by atoms with van der Waals surface area (Å²) < 4.78 is 16.2. The van der Waals surface area contributed by atoms with Crippen LogP contribution in [0.3, 0.4) is 0 Å². The zero-order chi connectivity index (χ0) is 21.6. The maximum Gasteiger partial charge on any atom is 0.338 e. The smallest absolute Gasteiger partial charge is 0.338 e. The lowest BCUT2D eigenvalue weighted by atomic mass is 9.94. The van der Waals surface area contributed by atoms with Gasteiger partial charge in [-0.25, -0.2) is 9.59 Å². The highest BCUT2D eigenvalue weighted by Gasteiger charge is 2.35. The van der Waals surface area contributed by atoms with Crippen molar-refractivity contribution in [1.82, 2.24) is 10.6 Å². The Kier molecular flexibility index (Phi) is 7.40. The van der Waals surface area contributed by atoms with E-state index in [-0.39, 0.29) is 42.6 Å². The number of nitrogens with zero attached hydrogens (tertiary/aromatic N) is 1. The van der Waals surface area contributed by atoms with Crippen LogP contribution in [-0.4, -0.2) is 36.7 Å². The van der Waals surface area contributed by atoms with Gasteiger partial charge in [0.25, 0.3) is 0 Å². The van der Waals surface area contributed by atoms with E-state index in [1.165, 1.54) is 12.1 Å². The number of urea groups is 1. The molecule has 1 aromatic carbocycles. The number of ether oxygens (including phenoxy) is 3. The number of carbonyl (C=O) groups is 2. The number of hydrogen-bond acceptors (Lipinski definition) is 7. The van der Waals surface area contributed by atoms with E-state index in [1.807, 2.05) is 6.92 Å². The van der Waals surface area contributed by atoms with Gasteiger partial charge in [-0.15, -0.1) is 0 Å². The molecular formula is C19H25N3O7. The third kappa shape index (κ3) is 4.95. The molecule has 0 aliphatic carbocycles. The normalized spacial score (nSPS) is 16.0. The predicted molar refractivity (Wildman–Crippen MR) is 104 cm³/mol. The molecule has 0 saturated heterocycles. The van der Waals surface area contributed by atoms with Crippen molar-refractivity contribution in [3.63, 3.8) is 0 Å². The Hall–Kier alpha value is -3.30. The largest absolute Gasteiger partial charge is 0.490 e. The summed E-state index contributed by atoms with van der Waals surface area (Å²) >= 11 is 0. The van der Waals surface area contributed by atoms with Crippen molar-refractivity contribution in [2.75, 3.05) is 19.8 Å². The van der Waals surface area contributed by atoms with Crippen LogP contribution in [0.2, 0.25) is 0 Å². The van der Waals surface area contributed by atoms with Crippen LogP contribution >= 0.6 is 0 Å². The van der Waals surface area contributed by atoms with Crippen LogP contribution < -0.4 is 20.1 Å². The van der Waals surface area contributed by atoms with Crippen molar-refractivity contribution in [3.05, 3.63) is 39.1 Å². The van der Waals surface area contributed by atoms with Crippen molar-refractivity contribution >= 4 is 17.7 Å². The molecule has 1 aromatic rings. The zero-order valence-electron chi connectivity index (χ0n) is 16.9. The summed E-state index contributed by atoms with van der Waals surface area (Å²) in [7, 11) is 0. The fourth-order valence-corrected chi connectivity index (χ4v) is 2.95. The van der Waals surface area contributed by atoms with Gasteiger partial charge in [-0.3, -0.25) is 10.1 Å². The molecule has 1 unspecified atom stereocenters. The molecule has 0 radical (unpaired) electrons. The fourth-order valence-electron chi connectivity index (χ4n) is 2.95. The second-order valence-electron chi connectivity index (χ2n) is 6.20. The van der Waals surface area contributed by atoms with Gasteiger partial charge in [0.05, 0.1) is 36.4 Å². The monoisotopic (exact) mass is 407 g/mol. The molecule has 2 N–H and O–H groups in total. The van der Waals surface area contributed by atoms with Crippen molar-refractivity contribution in [3.8, 4) is 11.5 Å². The number of allylic oxidation sites excluding steroid dienone is 1. The number of hydrogen-bond donors (Lipinski definition) is 2. The van der Waals surface area contributed by atoms with E-state index in [1.54, 1.807) is 20.8 Å². The molecule has 158 valence electrons. The molecule has 0 saturated carbocycles. The number of rotatable bonds is 9. The van der Waals surface area contributed by atoms with E-state index in [2.05, 4.69) is 10.6 Å². The Balaban J connectivity index is 2.62. The van der Waals surface area contributed by atoms with E-state index < -0.39 is 23.0 Å². The number of carbonyl (C=O) groups excluding carboxylic acids is 2. The molecule has 10 heteroatoms. The summed E-state index contributed by atoms with van der Waals surface area (Å²) in [6.07, 6.45) is 0.630. The minimum absolute atomic E-state index is 0.000767. The highest BCUT2D eigenvalue weighted by atomic mass is 16.6. The highest BCUT2D eigenvalue weighted by molar-refractivity contribution is 5.95. The summed E-state index contributed by atoms with van der Waals surface area (Å²) in [5.74, 6) is -0.458. The van der Waals surface area contributed by atoms with E-state index in [0.717, 1.165) is 0 Å². The van der Waals surface area contributed by atoms with Crippen molar-refractivity contribution in [2.24, 2.45) is 0 Å². The molecule has 0 aromatic heterocycles. The summed E-state index contributed by atoms with van der Waals surface area (Å²) in [6, 6.07) is 1.32. The second-order valence-corrected chi connectivity index (χ2v) is 6.20. The van der Waals surface area contributed by atoms with Crippen LogP contribution in [-0.2, 0) is 9.53 Å². The summed E-state index contributed by atoms with van der Waals surface area (Å²) in [5.41, 5.74) is 0.467.